The summed E-state index contributed by atoms with van der Waals surface area (Å²) in [6, 6.07) is 0. The number of rotatable bonds is 7. The van der Waals surface area contributed by atoms with E-state index in [0.29, 0.717) is 32.3 Å². The highest BCUT2D eigenvalue weighted by Gasteiger charge is 2.59. The highest BCUT2D eigenvalue weighted by Crippen LogP contribution is 2.58. The standard InChI is InChI=1S/C24H34F2O7/c1-22(25,26)21(28)31-20-16-7-15-8-17(20)11-23(9-15,10-16)33-19(27)14-29-12-18-13-30-24(32-18)5-3-2-4-6-24/h15-18,20H,2-14H2,1H3. The number of hydrogen-bond acceptors (Lipinski definition) is 7. The second-order valence-corrected chi connectivity index (χ2v) is 10.9. The predicted octanol–water partition coefficient (Wildman–Crippen LogP) is 3.77. The number of carbonyl (C=O) groups excluding carboxylic acids is 2. The van der Waals surface area contributed by atoms with E-state index in [2.05, 4.69) is 0 Å². The summed E-state index contributed by atoms with van der Waals surface area (Å²) >= 11 is 0. The van der Waals surface area contributed by atoms with Gasteiger partial charge in [-0.05, 0) is 50.9 Å². The van der Waals surface area contributed by atoms with Gasteiger partial charge in [-0.25, -0.2) is 9.59 Å². The molecule has 5 aliphatic carbocycles. The first-order valence-corrected chi connectivity index (χ1v) is 12.4. The third kappa shape index (κ3) is 4.91. The smallest absolute Gasteiger partial charge is 0.376 e. The van der Waals surface area contributed by atoms with Crippen LogP contribution in [-0.4, -0.2) is 61.3 Å². The SMILES string of the molecule is CC(F)(F)C(=O)OC1C2CC3CC1CC(OC(=O)COCC1COC4(CCCCC4)O1)(C3)C2. The number of halogens is 2. The number of esters is 2. The fourth-order valence-electron chi connectivity index (χ4n) is 7.04. The quantitative estimate of drug-likeness (QED) is 0.522. The van der Waals surface area contributed by atoms with Crippen LogP contribution in [0.5, 0.6) is 0 Å². The molecule has 0 aromatic carbocycles. The summed E-state index contributed by atoms with van der Waals surface area (Å²) in [7, 11) is 0. The van der Waals surface area contributed by atoms with Crippen LogP contribution in [0.2, 0.25) is 0 Å². The van der Waals surface area contributed by atoms with Crippen molar-refractivity contribution in [1.82, 2.24) is 0 Å². The van der Waals surface area contributed by atoms with Crippen molar-refractivity contribution in [3.8, 4) is 0 Å². The van der Waals surface area contributed by atoms with Crippen molar-refractivity contribution in [1.29, 1.82) is 0 Å². The summed E-state index contributed by atoms with van der Waals surface area (Å²) < 4.78 is 55.4. The first-order chi connectivity index (χ1) is 15.7. The lowest BCUT2D eigenvalue weighted by molar-refractivity contribution is -0.225. The van der Waals surface area contributed by atoms with Crippen molar-refractivity contribution in [3.05, 3.63) is 0 Å². The molecule has 0 N–H and O–H groups in total. The minimum absolute atomic E-state index is 0.0491. The zero-order chi connectivity index (χ0) is 23.3. The van der Waals surface area contributed by atoms with Crippen molar-refractivity contribution in [2.45, 2.75) is 101 Å². The fraction of sp³-hybridized carbons (Fsp3) is 0.917. The maximum Gasteiger partial charge on any atom is 0.376 e. The Balaban J connectivity index is 1.09. The van der Waals surface area contributed by atoms with Crippen LogP contribution in [0.1, 0.15) is 71.1 Å². The third-order valence-corrected chi connectivity index (χ3v) is 8.12. The van der Waals surface area contributed by atoms with Crippen molar-refractivity contribution < 1.29 is 42.1 Å². The van der Waals surface area contributed by atoms with Gasteiger partial charge in [0.2, 0.25) is 0 Å². The average molecular weight is 473 g/mol. The van der Waals surface area contributed by atoms with Gasteiger partial charge in [0.25, 0.3) is 0 Å². The Hall–Kier alpha value is -1.32. The highest BCUT2D eigenvalue weighted by atomic mass is 19.3. The minimum atomic E-state index is -3.50. The van der Waals surface area contributed by atoms with Gasteiger partial charge in [-0.15, -0.1) is 0 Å². The molecule has 0 aromatic heterocycles. The Labute approximate surface area is 192 Å². The first-order valence-electron chi connectivity index (χ1n) is 12.4. The van der Waals surface area contributed by atoms with Gasteiger partial charge in [-0.3, -0.25) is 0 Å². The summed E-state index contributed by atoms with van der Waals surface area (Å²) in [6.07, 6.45) is 8.03. The number of alkyl halides is 2. The third-order valence-electron chi connectivity index (χ3n) is 8.12. The normalized spacial score (nSPS) is 39.1. The topological polar surface area (TPSA) is 80.3 Å². The summed E-state index contributed by atoms with van der Waals surface area (Å²) in [6.45, 7) is 1.16. The van der Waals surface area contributed by atoms with Gasteiger partial charge in [0.15, 0.2) is 5.79 Å². The van der Waals surface area contributed by atoms with Gasteiger partial charge in [0, 0.05) is 31.6 Å². The van der Waals surface area contributed by atoms with E-state index in [9.17, 15) is 18.4 Å². The molecular weight excluding hydrogens is 438 g/mol. The monoisotopic (exact) mass is 472 g/mol. The molecule has 9 heteroatoms. The van der Waals surface area contributed by atoms with E-state index in [0.717, 1.165) is 44.9 Å². The molecule has 1 aliphatic heterocycles. The van der Waals surface area contributed by atoms with Crippen LogP contribution in [0.15, 0.2) is 0 Å². The van der Waals surface area contributed by atoms with E-state index in [-0.39, 0.29) is 31.2 Å². The van der Waals surface area contributed by atoms with Crippen LogP contribution in [0.4, 0.5) is 8.78 Å². The molecule has 4 bridgehead atoms. The average Bonchev–Trinajstić information content (AvgIpc) is 3.11. The summed E-state index contributed by atoms with van der Waals surface area (Å²) in [5.74, 6) is -5.58. The largest absolute Gasteiger partial charge is 0.457 e. The molecule has 3 atom stereocenters. The van der Waals surface area contributed by atoms with E-state index in [1.54, 1.807) is 0 Å². The summed E-state index contributed by atoms with van der Waals surface area (Å²) in [4.78, 5) is 24.3. The molecule has 33 heavy (non-hydrogen) atoms. The van der Waals surface area contributed by atoms with Crippen molar-refractivity contribution in [2.24, 2.45) is 17.8 Å². The maximum absolute atomic E-state index is 13.3. The number of carbonyl (C=O) groups is 2. The van der Waals surface area contributed by atoms with Crippen molar-refractivity contribution >= 4 is 11.9 Å². The Morgan fingerprint density at radius 1 is 1.06 bits per heavy atom. The lowest BCUT2D eigenvalue weighted by Crippen LogP contribution is -2.60. The Morgan fingerprint density at radius 3 is 2.42 bits per heavy atom. The van der Waals surface area contributed by atoms with Crippen LogP contribution in [0.3, 0.4) is 0 Å². The van der Waals surface area contributed by atoms with Crippen LogP contribution >= 0.6 is 0 Å². The van der Waals surface area contributed by atoms with Gasteiger partial charge in [0.05, 0.1) is 13.2 Å². The molecule has 1 heterocycles. The van der Waals surface area contributed by atoms with Crippen LogP contribution in [0, 0.1) is 17.8 Å². The molecule has 6 aliphatic rings. The fourth-order valence-corrected chi connectivity index (χ4v) is 7.04. The minimum Gasteiger partial charge on any atom is -0.457 e. The lowest BCUT2D eigenvalue weighted by Gasteiger charge is -2.58. The lowest BCUT2D eigenvalue weighted by atomic mass is 9.53. The van der Waals surface area contributed by atoms with Crippen LogP contribution < -0.4 is 0 Å². The van der Waals surface area contributed by atoms with Gasteiger partial charge in [-0.1, -0.05) is 6.42 Å². The number of hydrogen-bond donors (Lipinski definition) is 0. The van der Waals surface area contributed by atoms with E-state index in [1.807, 2.05) is 0 Å². The molecule has 186 valence electrons. The van der Waals surface area contributed by atoms with Gasteiger partial charge in [0.1, 0.15) is 24.4 Å². The van der Waals surface area contributed by atoms with Gasteiger partial charge < -0.3 is 23.7 Å². The van der Waals surface area contributed by atoms with E-state index in [4.69, 9.17) is 23.7 Å². The molecule has 0 radical (unpaired) electrons. The van der Waals surface area contributed by atoms with E-state index in [1.165, 1.54) is 6.42 Å². The molecule has 0 aromatic rings. The Bertz CT molecular complexity index is 744. The zero-order valence-corrected chi connectivity index (χ0v) is 19.2. The zero-order valence-electron chi connectivity index (χ0n) is 19.2. The summed E-state index contributed by atoms with van der Waals surface area (Å²) in [5.41, 5.74) is -0.603. The second kappa shape index (κ2) is 8.72. The number of ether oxygens (including phenoxy) is 5. The molecular formula is C24H34F2O7. The predicted molar refractivity (Wildman–Crippen MR) is 110 cm³/mol. The molecule has 1 spiro atoms. The maximum atomic E-state index is 13.3. The Kier molecular flexibility index (Phi) is 6.19. The van der Waals surface area contributed by atoms with Gasteiger partial charge >= 0.3 is 17.9 Å². The first kappa shape index (κ1) is 23.4. The molecule has 3 unspecified atom stereocenters. The van der Waals surface area contributed by atoms with Crippen LogP contribution in [-0.2, 0) is 33.3 Å². The molecule has 0 amide bonds. The Morgan fingerprint density at radius 2 is 1.76 bits per heavy atom. The summed E-state index contributed by atoms with van der Waals surface area (Å²) in [5, 5.41) is 0. The van der Waals surface area contributed by atoms with E-state index < -0.39 is 35.4 Å². The molecule has 6 fully saturated rings. The molecule has 6 rings (SSSR count). The van der Waals surface area contributed by atoms with Crippen molar-refractivity contribution in [3.63, 3.8) is 0 Å². The van der Waals surface area contributed by atoms with E-state index >= 15 is 0 Å². The molecule has 1 saturated heterocycles. The highest BCUT2D eigenvalue weighted by molar-refractivity contribution is 5.77. The van der Waals surface area contributed by atoms with Crippen LogP contribution in [0.25, 0.3) is 0 Å². The van der Waals surface area contributed by atoms with Gasteiger partial charge in [-0.2, -0.15) is 8.78 Å². The molecule has 5 saturated carbocycles. The second-order valence-electron chi connectivity index (χ2n) is 10.9. The van der Waals surface area contributed by atoms with Crippen molar-refractivity contribution in [2.75, 3.05) is 19.8 Å². The molecule has 7 nitrogen and oxygen atoms in total.